The van der Waals surface area contributed by atoms with E-state index in [0.717, 1.165) is 16.7 Å². The maximum absolute atomic E-state index is 13.0. The first-order valence-corrected chi connectivity index (χ1v) is 11.3. The van der Waals surface area contributed by atoms with Gasteiger partial charge in [-0.25, -0.2) is 19.4 Å². The SMILES string of the molecule is CCn1nc(C#Cc2cc(NC(=O)N3OCC[C@@H]3c3cccnc3)ccc2C)c2c(N)ncnc21. The number of nitrogens with zero attached hydrogens (tertiary/aromatic N) is 6. The summed E-state index contributed by atoms with van der Waals surface area (Å²) in [6.07, 6.45) is 5.58. The Morgan fingerprint density at radius 2 is 2.17 bits per heavy atom. The number of amides is 2. The number of pyridine rings is 1. The fourth-order valence-corrected chi connectivity index (χ4v) is 4.02. The molecular formula is C25H24N8O2. The van der Waals surface area contributed by atoms with Crippen molar-refractivity contribution in [3.8, 4) is 11.8 Å². The number of anilines is 2. The van der Waals surface area contributed by atoms with Crippen LogP contribution >= 0.6 is 0 Å². The van der Waals surface area contributed by atoms with Gasteiger partial charge in [0.05, 0.1) is 18.0 Å². The molecule has 176 valence electrons. The predicted molar refractivity (Wildman–Crippen MR) is 131 cm³/mol. The van der Waals surface area contributed by atoms with E-state index in [1.165, 1.54) is 11.4 Å². The Hall–Kier alpha value is -4.49. The molecule has 4 aromatic rings. The molecule has 1 aromatic carbocycles. The van der Waals surface area contributed by atoms with E-state index in [2.05, 4.69) is 37.2 Å². The molecule has 35 heavy (non-hydrogen) atoms. The van der Waals surface area contributed by atoms with Gasteiger partial charge in [-0.2, -0.15) is 10.2 Å². The lowest BCUT2D eigenvalue weighted by Crippen LogP contribution is -2.33. The molecule has 1 aliphatic heterocycles. The minimum atomic E-state index is -0.350. The number of hydroxylamine groups is 2. The Morgan fingerprint density at radius 3 is 2.97 bits per heavy atom. The van der Waals surface area contributed by atoms with Gasteiger partial charge in [-0.3, -0.25) is 9.82 Å². The van der Waals surface area contributed by atoms with Crippen LogP contribution in [0.2, 0.25) is 0 Å². The first kappa shape index (κ1) is 22.3. The fourth-order valence-electron chi connectivity index (χ4n) is 4.02. The summed E-state index contributed by atoms with van der Waals surface area (Å²) in [7, 11) is 0. The van der Waals surface area contributed by atoms with Crippen molar-refractivity contribution >= 4 is 28.6 Å². The van der Waals surface area contributed by atoms with Gasteiger partial charge in [0.15, 0.2) is 5.65 Å². The van der Waals surface area contributed by atoms with Crippen molar-refractivity contribution in [1.29, 1.82) is 0 Å². The van der Waals surface area contributed by atoms with Gasteiger partial charge >= 0.3 is 6.03 Å². The molecule has 10 heteroatoms. The van der Waals surface area contributed by atoms with Crippen LogP contribution in [0.1, 0.15) is 41.8 Å². The number of nitrogens with two attached hydrogens (primary N) is 1. The number of urea groups is 1. The lowest BCUT2D eigenvalue weighted by Gasteiger charge is -2.23. The second kappa shape index (κ2) is 9.40. The summed E-state index contributed by atoms with van der Waals surface area (Å²) in [5.74, 6) is 6.61. The smallest absolute Gasteiger partial charge is 0.346 e. The van der Waals surface area contributed by atoms with Crippen molar-refractivity contribution in [3.05, 3.63) is 71.4 Å². The molecule has 0 unspecified atom stereocenters. The highest BCUT2D eigenvalue weighted by Crippen LogP contribution is 2.30. The van der Waals surface area contributed by atoms with Crippen molar-refractivity contribution < 1.29 is 9.63 Å². The van der Waals surface area contributed by atoms with Gasteiger partial charge in [-0.05, 0) is 49.1 Å². The number of fused-ring (bicyclic) bond motifs is 1. The van der Waals surface area contributed by atoms with Gasteiger partial charge in [0.25, 0.3) is 0 Å². The normalized spacial score (nSPS) is 15.1. The Labute approximate surface area is 202 Å². The molecular weight excluding hydrogens is 444 g/mol. The van der Waals surface area contributed by atoms with Gasteiger partial charge in [0.2, 0.25) is 0 Å². The number of hydrogen-bond acceptors (Lipinski definition) is 7. The van der Waals surface area contributed by atoms with Gasteiger partial charge in [-0.1, -0.05) is 18.1 Å². The van der Waals surface area contributed by atoms with Crippen LogP contribution in [0.4, 0.5) is 16.3 Å². The molecule has 0 saturated carbocycles. The van der Waals surface area contributed by atoms with Crippen LogP contribution in [0.5, 0.6) is 0 Å². The number of carbonyl (C=O) groups is 1. The summed E-state index contributed by atoms with van der Waals surface area (Å²) in [4.78, 5) is 31.1. The lowest BCUT2D eigenvalue weighted by atomic mass is 10.1. The van der Waals surface area contributed by atoms with Crippen LogP contribution in [0.15, 0.2) is 49.1 Å². The second-order valence-corrected chi connectivity index (χ2v) is 8.08. The summed E-state index contributed by atoms with van der Waals surface area (Å²) >= 11 is 0. The van der Waals surface area contributed by atoms with E-state index in [-0.39, 0.29) is 12.1 Å². The molecule has 2 amide bonds. The predicted octanol–water partition coefficient (Wildman–Crippen LogP) is 3.44. The van der Waals surface area contributed by atoms with E-state index in [9.17, 15) is 4.79 Å². The van der Waals surface area contributed by atoms with E-state index in [0.29, 0.717) is 47.8 Å². The minimum absolute atomic E-state index is 0.192. The molecule has 10 nitrogen and oxygen atoms in total. The highest BCUT2D eigenvalue weighted by molar-refractivity contribution is 5.91. The first-order valence-electron chi connectivity index (χ1n) is 11.3. The number of hydrogen-bond donors (Lipinski definition) is 2. The molecule has 4 heterocycles. The van der Waals surface area contributed by atoms with Crippen LogP contribution in [-0.2, 0) is 11.4 Å². The molecule has 0 aliphatic carbocycles. The number of benzene rings is 1. The average Bonchev–Trinajstić information content (AvgIpc) is 3.51. The van der Waals surface area contributed by atoms with E-state index < -0.39 is 0 Å². The summed E-state index contributed by atoms with van der Waals surface area (Å²) in [5, 5.41) is 9.46. The minimum Gasteiger partial charge on any atom is -0.383 e. The third kappa shape index (κ3) is 4.37. The number of aryl methyl sites for hydroxylation is 2. The summed E-state index contributed by atoms with van der Waals surface area (Å²) < 4.78 is 1.75. The third-order valence-corrected chi connectivity index (χ3v) is 5.84. The number of nitrogens with one attached hydrogen (secondary N) is 1. The van der Waals surface area contributed by atoms with E-state index in [1.807, 2.05) is 44.2 Å². The second-order valence-electron chi connectivity index (χ2n) is 8.08. The highest BCUT2D eigenvalue weighted by Gasteiger charge is 2.32. The van der Waals surface area contributed by atoms with Crippen molar-refractivity contribution in [3.63, 3.8) is 0 Å². The molecule has 0 radical (unpaired) electrons. The summed E-state index contributed by atoms with van der Waals surface area (Å²) in [6.45, 7) is 5.02. The largest absolute Gasteiger partial charge is 0.383 e. The van der Waals surface area contributed by atoms with Gasteiger partial charge in [-0.15, -0.1) is 0 Å². The Balaban J connectivity index is 1.40. The summed E-state index contributed by atoms with van der Waals surface area (Å²) in [6, 6.07) is 8.81. The maximum atomic E-state index is 13.0. The quantitative estimate of drug-likeness (QED) is 0.441. The first-order chi connectivity index (χ1) is 17.0. The topological polar surface area (TPSA) is 124 Å². The van der Waals surface area contributed by atoms with Crippen molar-refractivity contribution in [1.82, 2.24) is 29.8 Å². The standard InChI is InChI=1S/C25H24N8O2/c1-3-32-24-22(23(26)28-15-29-24)20(31-32)9-7-17-13-19(8-6-16(17)2)30-25(34)33-21(10-12-35-33)18-5-4-11-27-14-18/h4-6,8,11,13-15,21H,3,10,12H2,1-2H3,(H,30,34)(H2,26,28,29)/t21-/m1/s1. The Kier molecular flexibility index (Phi) is 5.99. The average molecular weight is 469 g/mol. The fraction of sp³-hybridized carbons (Fsp3) is 0.240. The van der Waals surface area contributed by atoms with Gasteiger partial charge in [0, 0.05) is 36.6 Å². The zero-order valence-corrected chi connectivity index (χ0v) is 19.4. The molecule has 1 fully saturated rings. The molecule has 0 bridgehead atoms. The number of carbonyl (C=O) groups excluding carboxylic acids is 1. The van der Waals surface area contributed by atoms with Crippen LogP contribution in [0.3, 0.4) is 0 Å². The monoisotopic (exact) mass is 468 g/mol. The Bertz CT molecular complexity index is 1460. The van der Waals surface area contributed by atoms with E-state index >= 15 is 0 Å². The third-order valence-electron chi connectivity index (χ3n) is 5.84. The van der Waals surface area contributed by atoms with Crippen LogP contribution in [0, 0.1) is 18.8 Å². The lowest BCUT2D eigenvalue weighted by molar-refractivity contribution is -0.0830. The van der Waals surface area contributed by atoms with Crippen molar-refractivity contribution in [2.75, 3.05) is 17.7 Å². The molecule has 0 spiro atoms. The van der Waals surface area contributed by atoms with Crippen LogP contribution in [-0.4, -0.2) is 42.4 Å². The van der Waals surface area contributed by atoms with Crippen molar-refractivity contribution in [2.24, 2.45) is 0 Å². The van der Waals surface area contributed by atoms with Crippen LogP contribution < -0.4 is 11.1 Å². The van der Waals surface area contributed by atoms with Gasteiger partial charge in [0.1, 0.15) is 17.8 Å². The molecule has 3 aromatic heterocycles. The van der Waals surface area contributed by atoms with Crippen molar-refractivity contribution in [2.45, 2.75) is 32.9 Å². The highest BCUT2D eigenvalue weighted by atomic mass is 16.7. The molecule has 1 saturated heterocycles. The molecule has 1 atom stereocenters. The Morgan fingerprint density at radius 1 is 1.29 bits per heavy atom. The maximum Gasteiger partial charge on any atom is 0.346 e. The molecule has 1 aliphatic rings. The summed E-state index contributed by atoms with van der Waals surface area (Å²) in [5.41, 5.74) is 10.5. The number of aromatic nitrogens is 5. The van der Waals surface area contributed by atoms with Crippen LogP contribution in [0.25, 0.3) is 11.0 Å². The van der Waals surface area contributed by atoms with Gasteiger partial charge < -0.3 is 11.1 Å². The van der Waals surface area contributed by atoms with E-state index in [1.54, 1.807) is 17.1 Å². The zero-order valence-electron chi connectivity index (χ0n) is 19.4. The molecule has 3 N–H and O–H groups in total. The number of rotatable bonds is 3. The number of nitrogen functional groups attached to an aromatic ring is 1. The van der Waals surface area contributed by atoms with E-state index in [4.69, 9.17) is 10.6 Å². The zero-order chi connectivity index (χ0) is 24.4. The molecule has 5 rings (SSSR count).